The van der Waals surface area contributed by atoms with Crippen molar-refractivity contribution >= 4 is 94.5 Å². The van der Waals surface area contributed by atoms with Crippen molar-refractivity contribution in [2.24, 2.45) is 33.8 Å². The van der Waals surface area contributed by atoms with E-state index in [0.717, 1.165) is 5.56 Å². The zero-order valence-corrected chi connectivity index (χ0v) is 71.0. The van der Waals surface area contributed by atoms with E-state index in [-0.39, 0.29) is 156 Å². The van der Waals surface area contributed by atoms with Crippen LogP contribution in [0.4, 0.5) is 46.7 Å². The Kier molecular flexibility index (Phi) is 48.9. The standard InChI is InChI=1S/C58H69N7O16.C15H14N2O6.C13H32N4O4/c1-38(2)50(66)33-42-9-17-46(18-10-42)78-54(70)59-25-29-74-34-58(35-75-30-26-60-55(71)79-47-19-11-43(12-20-47)63-51(67)39(3)4,36-76-31-27-61-56(72)80-48-21-13-44(14-22-48)64-52(68)40(5)6)37-77-32-28-62-57(73)81-49-23-15-45(16-24-49)65-53(69)41(7)8;1-9(2)14(20)16-10-3-5-11(6-4-10)22-15(21)23-17-12(18)7-8-13(17)19;14-1-5-18-9-13(10-19-6-2-15,11-20-7-3-16)12-21-8-4-17/h9-24H,1,3,5,7,25-37H2,2,4,6,8H3,(H,59,70)(H,60,71)(H,61,72)(H,62,73)(H,63,67)(H,64,68)(H,65,69);3-6H,1,7-8H2,2H3,(H,16,20);1-12,14-17H2. The molecule has 0 aliphatic carbocycles. The van der Waals surface area contributed by atoms with Crippen molar-refractivity contribution in [1.82, 2.24) is 26.3 Å². The van der Waals surface area contributed by atoms with Crippen LogP contribution in [0.5, 0.6) is 28.7 Å². The lowest BCUT2D eigenvalue weighted by molar-refractivity contribution is -0.174. The zero-order chi connectivity index (χ0) is 92.0. The first kappa shape index (κ1) is 105. The van der Waals surface area contributed by atoms with Crippen molar-refractivity contribution in [3.63, 3.8) is 0 Å². The number of hydrogen-bond acceptors (Lipinski definition) is 30. The van der Waals surface area contributed by atoms with Crippen molar-refractivity contribution in [2.75, 3.05) is 179 Å². The smallest absolute Gasteiger partial charge is 0.410 e. The van der Waals surface area contributed by atoms with Crippen LogP contribution < -0.4 is 89.2 Å². The summed E-state index contributed by atoms with van der Waals surface area (Å²) in [5, 5.41) is 21.4. The maximum atomic E-state index is 12.7. The fourth-order valence-corrected chi connectivity index (χ4v) is 9.85. The van der Waals surface area contributed by atoms with E-state index in [0.29, 0.717) is 135 Å². The summed E-state index contributed by atoms with van der Waals surface area (Å²) in [5.74, 6) is -1.68. The van der Waals surface area contributed by atoms with Crippen molar-refractivity contribution in [3.8, 4) is 28.7 Å². The van der Waals surface area contributed by atoms with Crippen LogP contribution in [0.15, 0.2) is 182 Å². The third-order valence-electron chi connectivity index (χ3n) is 16.4. The second-order valence-corrected chi connectivity index (χ2v) is 27.9. The quantitative estimate of drug-likeness (QED) is 0.00608. The summed E-state index contributed by atoms with van der Waals surface area (Å²) in [6.45, 7) is 31.0. The SMILES string of the molecule is C=C(C)C(=O)Cc1ccc(OC(=O)NCCOCC(COCCNC(=O)Oc2ccc(NC(=O)C(=C)C)cc2)(COCCNC(=O)Oc2ccc(NC(=O)C(=C)C)cc2)COCCNC(=O)Oc2ccc(NC(=O)C(=C)C)cc2)cc1.C=C(C)C(=O)Nc1ccc(OC(=O)ON2C(=O)CCC2=O)cc1.NCCOCC(COCCN)(COCCN)COCCN. The molecule has 1 heterocycles. The number of nitrogens with two attached hydrogens (primary N) is 4. The summed E-state index contributed by atoms with van der Waals surface area (Å²) >= 11 is 0. The molecule has 0 spiro atoms. The van der Waals surface area contributed by atoms with E-state index in [1.54, 1.807) is 95.3 Å². The predicted molar refractivity (Wildman–Crippen MR) is 461 cm³/mol. The van der Waals surface area contributed by atoms with Gasteiger partial charge < -0.3 is 127 Å². The molecule has 10 amide bonds. The number of hydroxylamine groups is 2. The molecule has 0 atom stereocenters. The number of benzene rings is 5. The van der Waals surface area contributed by atoms with Crippen LogP contribution in [0.1, 0.15) is 53.0 Å². The van der Waals surface area contributed by atoms with Gasteiger partial charge in [-0.05, 0) is 155 Å². The molecule has 5 aromatic rings. The number of anilines is 4. The number of nitrogens with zero attached hydrogens (tertiary/aromatic N) is 1. The Morgan fingerprint density at radius 3 is 0.776 bits per heavy atom. The molecule has 1 fully saturated rings. The van der Waals surface area contributed by atoms with Gasteiger partial charge in [-0.25, -0.2) is 24.0 Å². The average molecular weight is 1750 g/mol. The van der Waals surface area contributed by atoms with Crippen LogP contribution in [0.3, 0.4) is 0 Å². The lowest BCUT2D eigenvalue weighted by Crippen LogP contribution is -2.44. The topological polar surface area (TPSA) is 538 Å². The lowest BCUT2D eigenvalue weighted by Gasteiger charge is -2.33. The highest BCUT2D eigenvalue weighted by molar-refractivity contribution is 6.05. The summed E-state index contributed by atoms with van der Waals surface area (Å²) in [5.41, 5.74) is 24.7. The molecule has 1 saturated heterocycles. The Labute approximate surface area is 725 Å². The molecular weight excluding hydrogens is 1630 g/mol. The Balaban J connectivity index is 0.000000598. The minimum Gasteiger partial charge on any atom is -0.410 e. The molecule has 16 N–H and O–H groups in total. The molecule has 0 radical (unpaired) electrons. The van der Waals surface area contributed by atoms with Gasteiger partial charge in [-0.1, -0.05) is 50.1 Å². The van der Waals surface area contributed by atoms with E-state index in [1.165, 1.54) is 60.7 Å². The highest BCUT2D eigenvalue weighted by atomic mass is 16.8. The van der Waals surface area contributed by atoms with Crippen LogP contribution in [0.25, 0.3) is 0 Å². The number of imide groups is 1. The molecule has 6 rings (SSSR count). The van der Waals surface area contributed by atoms with Crippen LogP contribution in [-0.4, -0.2) is 235 Å². The summed E-state index contributed by atoms with van der Waals surface area (Å²) in [6.07, 6.45) is -4.12. The summed E-state index contributed by atoms with van der Waals surface area (Å²) in [6, 6.07) is 30.7. The predicted octanol–water partition coefficient (Wildman–Crippen LogP) is 7.08. The van der Waals surface area contributed by atoms with Gasteiger partial charge in [0, 0.05) is 117 Å². The number of ketones is 1. The van der Waals surface area contributed by atoms with Gasteiger partial charge in [0.15, 0.2) is 5.78 Å². The van der Waals surface area contributed by atoms with Crippen molar-refractivity contribution in [3.05, 3.63) is 188 Å². The van der Waals surface area contributed by atoms with E-state index in [9.17, 15) is 57.5 Å². The largest absolute Gasteiger partial charge is 0.539 e. The van der Waals surface area contributed by atoms with Crippen molar-refractivity contribution in [1.29, 1.82) is 0 Å². The summed E-state index contributed by atoms with van der Waals surface area (Å²) in [4.78, 5) is 149. The highest BCUT2D eigenvalue weighted by Crippen LogP contribution is 2.26. The summed E-state index contributed by atoms with van der Waals surface area (Å²) < 4.78 is 72.9. The number of ether oxygens (including phenoxy) is 13. The monoisotopic (exact) mass is 1750 g/mol. The molecule has 0 saturated carbocycles. The number of carbonyl (C=O) groups is 12. The number of rotatable bonds is 53. The van der Waals surface area contributed by atoms with Gasteiger partial charge in [0.1, 0.15) is 28.7 Å². The maximum Gasteiger partial charge on any atom is 0.539 e. The second kappa shape index (κ2) is 58.4. The van der Waals surface area contributed by atoms with Gasteiger partial charge in [-0.2, -0.15) is 0 Å². The first-order valence-corrected chi connectivity index (χ1v) is 39.4. The third kappa shape index (κ3) is 43.8. The zero-order valence-electron chi connectivity index (χ0n) is 71.0. The normalized spacial score (nSPS) is 11.4. The van der Waals surface area contributed by atoms with Crippen molar-refractivity contribution < 1.29 is 124 Å². The number of hydrogen-bond donors (Lipinski definition) is 12. The van der Waals surface area contributed by atoms with Crippen molar-refractivity contribution in [2.45, 2.75) is 53.9 Å². The molecule has 680 valence electrons. The number of nitrogens with one attached hydrogen (secondary N) is 8. The van der Waals surface area contributed by atoms with Gasteiger partial charge in [0.05, 0.1) is 117 Å². The molecule has 39 heteroatoms. The van der Waals surface area contributed by atoms with Gasteiger partial charge in [-0.3, -0.25) is 38.4 Å². The molecule has 39 nitrogen and oxygen atoms in total. The molecule has 1 aliphatic heterocycles. The van der Waals surface area contributed by atoms with Gasteiger partial charge >= 0.3 is 30.5 Å². The van der Waals surface area contributed by atoms with E-state index in [4.69, 9.17) is 84.5 Å². The first-order valence-electron chi connectivity index (χ1n) is 39.4. The fraction of sp³-hybridized carbons (Fsp3) is 0.395. The molecule has 0 unspecified atom stereocenters. The average Bonchev–Trinajstić information content (AvgIpc) is 1.76. The molecule has 5 aromatic carbocycles. The van der Waals surface area contributed by atoms with E-state index < -0.39 is 53.2 Å². The van der Waals surface area contributed by atoms with Crippen LogP contribution in [-0.2, 0) is 82.7 Å². The molecule has 1 aliphatic rings. The Morgan fingerprint density at radius 2 is 0.552 bits per heavy atom. The van der Waals surface area contributed by atoms with Crippen LogP contribution in [0.2, 0.25) is 0 Å². The Morgan fingerprint density at radius 1 is 0.328 bits per heavy atom. The fourth-order valence-electron chi connectivity index (χ4n) is 9.85. The number of amides is 10. The maximum absolute atomic E-state index is 12.7. The minimum absolute atomic E-state index is 0.00138. The molecule has 0 aromatic heterocycles. The minimum atomic E-state index is -1.20. The van der Waals surface area contributed by atoms with Gasteiger partial charge in [0.2, 0.25) is 0 Å². The molecule has 0 bridgehead atoms. The first-order chi connectivity index (χ1) is 59.8. The highest BCUT2D eigenvalue weighted by Gasteiger charge is 2.36. The van der Waals surface area contributed by atoms with Gasteiger partial charge in [0.25, 0.3) is 35.4 Å². The number of Topliss-reactive ketones (excluding diaryl/α,β-unsaturated/α-hetero) is 1. The Hall–Kier alpha value is -12.6. The molecule has 125 heavy (non-hydrogen) atoms. The third-order valence-corrected chi connectivity index (χ3v) is 16.4. The number of allylic oxidation sites excluding steroid dienone is 1. The van der Waals surface area contributed by atoms with E-state index in [2.05, 4.69) is 80.3 Å². The van der Waals surface area contributed by atoms with Gasteiger partial charge in [-0.15, -0.1) is 0 Å². The Bertz CT molecular complexity index is 3910. The van der Waals surface area contributed by atoms with E-state index in [1.807, 2.05) is 0 Å². The second-order valence-electron chi connectivity index (χ2n) is 27.9. The van der Waals surface area contributed by atoms with E-state index >= 15 is 0 Å². The van der Waals surface area contributed by atoms with Crippen LogP contribution in [0, 0.1) is 10.8 Å². The molecular formula is C86H115N13O26. The number of carbonyl (C=O) groups excluding carboxylic acids is 12. The van der Waals surface area contributed by atoms with Crippen LogP contribution >= 0.6 is 0 Å². The summed E-state index contributed by atoms with van der Waals surface area (Å²) in [7, 11) is 0. The lowest BCUT2D eigenvalue weighted by atomic mass is 9.92.